The molecule has 478 valence electrons. The zero-order valence-corrected chi connectivity index (χ0v) is 55.0. The highest BCUT2D eigenvalue weighted by Crippen LogP contribution is 2.18. The summed E-state index contributed by atoms with van der Waals surface area (Å²) in [4.78, 5) is 38.4. The molecule has 6 nitrogen and oxygen atoms in total. The van der Waals surface area contributed by atoms with Gasteiger partial charge in [-0.3, -0.25) is 14.4 Å². The first-order valence-electron chi connectivity index (χ1n) is 36.3. The van der Waals surface area contributed by atoms with Crippen LogP contribution in [0.2, 0.25) is 0 Å². The molecule has 6 heteroatoms. The van der Waals surface area contributed by atoms with E-state index >= 15 is 0 Å². The average molecular weight is 1150 g/mol. The molecular weight excluding hydrogens is 1010 g/mol. The van der Waals surface area contributed by atoms with Gasteiger partial charge in [-0.05, 0) is 83.5 Å². The van der Waals surface area contributed by atoms with Crippen LogP contribution < -0.4 is 0 Å². The minimum atomic E-state index is -0.773. The molecule has 1 atom stereocenters. The van der Waals surface area contributed by atoms with Gasteiger partial charge < -0.3 is 14.2 Å². The number of ether oxygens (including phenoxy) is 3. The van der Waals surface area contributed by atoms with Gasteiger partial charge >= 0.3 is 17.9 Å². The summed E-state index contributed by atoms with van der Waals surface area (Å²) < 4.78 is 17.0. The third-order valence-corrected chi connectivity index (χ3v) is 16.3. The number of allylic oxidation sites excluding steroid dienone is 10. The van der Waals surface area contributed by atoms with Gasteiger partial charge in [0.1, 0.15) is 13.2 Å². The van der Waals surface area contributed by atoms with E-state index in [1.54, 1.807) is 0 Å². The van der Waals surface area contributed by atoms with Crippen LogP contribution in [0.15, 0.2) is 60.8 Å². The topological polar surface area (TPSA) is 78.9 Å². The van der Waals surface area contributed by atoms with Crippen LogP contribution in [0.25, 0.3) is 0 Å². The first-order valence-corrected chi connectivity index (χ1v) is 36.3. The lowest BCUT2D eigenvalue weighted by atomic mass is 10.0. The van der Waals surface area contributed by atoms with Gasteiger partial charge in [0, 0.05) is 19.3 Å². The van der Waals surface area contributed by atoms with Crippen LogP contribution in [-0.4, -0.2) is 37.2 Å². The van der Waals surface area contributed by atoms with E-state index < -0.39 is 6.10 Å². The van der Waals surface area contributed by atoms with E-state index in [4.69, 9.17) is 14.2 Å². The van der Waals surface area contributed by atoms with Crippen LogP contribution >= 0.6 is 0 Å². The number of carbonyl (C=O) groups excluding carboxylic acids is 3. The number of rotatable bonds is 67. The molecule has 0 fully saturated rings. The van der Waals surface area contributed by atoms with E-state index in [-0.39, 0.29) is 31.1 Å². The molecule has 0 aliphatic carbocycles. The van der Waals surface area contributed by atoms with Gasteiger partial charge in [0.05, 0.1) is 0 Å². The summed E-state index contributed by atoms with van der Waals surface area (Å²) in [7, 11) is 0. The molecule has 0 rings (SSSR count). The minimum Gasteiger partial charge on any atom is -0.462 e. The van der Waals surface area contributed by atoms with E-state index in [2.05, 4.69) is 81.5 Å². The maximum Gasteiger partial charge on any atom is 0.306 e. The quantitative estimate of drug-likeness (QED) is 0.0261. The number of hydrogen-bond donors (Lipinski definition) is 0. The van der Waals surface area contributed by atoms with E-state index in [1.807, 2.05) is 0 Å². The Hall–Kier alpha value is -2.89. The third-order valence-electron chi connectivity index (χ3n) is 16.3. The Morgan fingerprint density at radius 1 is 0.256 bits per heavy atom. The normalized spacial score (nSPS) is 12.4. The Morgan fingerprint density at radius 3 is 0.756 bits per heavy atom. The van der Waals surface area contributed by atoms with Gasteiger partial charge in [-0.25, -0.2) is 0 Å². The summed E-state index contributed by atoms with van der Waals surface area (Å²) in [5.41, 5.74) is 0. The average Bonchev–Trinajstić information content (AvgIpc) is 3.47. The zero-order valence-electron chi connectivity index (χ0n) is 55.0. The molecule has 0 bridgehead atoms. The fourth-order valence-corrected chi connectivity index (χ4v) is 10.8. The van der Waals surface area contributed by atoms with E-state index in [0.717, 1.165) is 83.5 Å². The molecule has 1 unspecified atom stereocenters. The van der Waals surface area contributed by atoms with Crippen LogP contribution in [0.4, 0.5) is 0 Å². The van der Waals surface area contributed by atoms with Gasteiger partial charge in [-0.15, -0.1) is 0 Å². The molecule has 0 aromatic rings. The standard InChI is InChI=1S/C76H138O6/c1-4-7-10-13-16-19-22-24-26-28-30-32-34-36-37-38-39-41-42-44-46-48-50-52-54-57-60-63-66-69-75(78)81-72-73(71-80-74(77)68-65-62-59-56-21-18-15-12-9-6-3)82-76(79)70-67-64-61-58-55-53-51-49-47-45-43-40-35-33-31-29-27-25-23-20-17-14-11-8-5-2/h8,11,17,20,25,27-28,30-31,33,73H,4-7,9-10,12-16,18-19,21-24,26,29,32,34-72H2,1-3H3/b11-8-,20-17-,27-25-,30-28-,33-31-. The van der Waals surface area contributed by atoms with Crippen molar-refractivity contribution in [2.24, 2.45) is 0 Å². The van der Waals surface area contributed by atoms with Gasteiger partial charge in [0.15, 0.2) is 6.10 Å². The molecular formula is C76H138O6. The predicted molar refractivity (Wildman–Crippen MR) is 358 cm³/mol. The van der Waals surface area contributed by atoms with Gasteiger partial charge in [0.2, 0.25) is 0 Å². The lowest BCUT2D eigenvalue weighted by Gasteiger charge is -2.18. The molecule has 0 aliphatic heterocycles. The molecule has 0 aromatic heterocycles. The number of unbranched alkanes of at least 4 members (excludes halogenated alkanes) is 46. The Labute approximate surface area is 510 Å². The van der Waals surface area contributed by atoms with Crippen molar-refractivity contribution in [3.05, 3.63) is 60.8 Å². The first kappa shape index (κ1) is 79.1. The number of carbonyl (C=O) groups is 3. The van der Waals surface area contributed by atoms with Crippen LogP contribution in [0.3, 0.4) is 0 Å². The molecule has 0 saturated heterocycles. The maximum atomic E-state index is 12.9. The van der Waals surface area contributed by atoms with Crippen molar-refractivity contribution in [3.8, 4) is 0 Å². The van der Waals surface area contributed by atoms with Gasteiger partial charge in [-0.1, -0.05) is 345 Å². The highest BCUT2D eigenvalue weighted by Gasteiger charge is 2.19. The fraction of sp³-hybridized carbons (Fsp3) is 0.829. The Kier molecular flexibility index (Phi) is 68.1. The Bertz CT molecular complexity index is 1460. The van der Waals surface area contributed by atoms with Crippen LogP contribution in [-0.2, 0) is 28.6 Å². The SMILES string of the molecule is CC/C=C\C/C=C\C/C=C\C/C=C\CCCCCCCCCCCCCCC(=O)OC(COC(=O)CCCCCCCCCCCC)COC(=O)CCCCCCCCCCCCCCCCCCC/C=C\CCCCCCCCCC. The minimum absolute atomic E-state index is 0.0696. The van der Waals surface area contributed by atoms with Crippen molar-refractivity contribution < 1.29 is 28.6 Å². The van der Waals surface area contributed by atoms with E-state index in [1.165, 1.54) is 263 Å². The van der Waals surface area contributed by atoms with E-state index in [0.29, 0.717) is 19.3 Å². The smallest absolute Gasteiger partial charge is 0.306 e. The monoisotopic (exact) mass is 1150 g/mol. The van der Waals surface area contributed by atoms with Crippen molar-refractivity contribution in [1.29, 1.82) is 0 Å². The molecule has 0 radical (unpaired) electrons. The third kappa shape index (κ3) is 67.9. The van der Waals surface area contributed by atoms with E-state index in [9.17, 15) is 14.4 Å². The summed E-state index contributed by atoms with van der Waals surface area (Å²) in [5.74, 6) is -0.849. The molecule has 0 heterocycles. The summed E-state index contributed by atoms with van der Waals surface area (Å²) >= 11 is 0. The molecule has 0 aliphatic rings. The van der Waals surface area contributed by atoms with Crippen molar-refractivity contribution >= 4 is 17.9 Å². The summed E-state index contributed by atoms with van der Waals surface area (Å²) in [5, 5.41) is 0. The lowest BCUT2D eigenvalue weighted by Crippen LogP contribution is -2.30. The molecule has 0 N–H and O–H groups in total. The molecule has 0 aromatic carbocycles. The van der Waals surface area contributed by atoms with Crippen molar-refractivity contribution in [1.82, 2.24) is 0 Å². The zero-order chi connectivity index (χ0) is 59.2. The first-order chi connectivity index (χ1) is 40.5. The van der Waals surface area contributed by atoms with Crippen LogP contribution in [0.5, 0.6) is 0 Å². The van der Waals surface area contributed by atoms with Crippen LogP contribution in [0, 0.1) is 0 Å². The largest absolute Gasteiger partial charge is 0.462 e. The second kappa shape index (κ2) is 70.6. The number of hydrogen-bond acceptors (Lipinski definition) is 6. The second-order valence-electron chi connectivity index (χ2n) is 24.5. The molecule has 0 spiro atoms. The maximum absolute atomic E-state index is 12.9. The highest BCUT2D eigenvalue weighted by atomic mass is 16.6. The summed E-state index contributed by atoms with van der Waals surface area (Å²) in [6.07, 6.45) is 91.3. The molecule has 0 saturated carbocycles. The fourth-order valence-electron chi connectivity index (χ4n) is 10.8. The van der Waals surface area contributed by atoms with Gasteiger partial charge in [-0.2, -0.15) is 0 Å². The van der Waals surface area contributed by atoms with Crippen molar-refractivity contribution in [3.63, 3.8) is 0 Å². The second-order valence-corrected chi connectivity index (χ2v) is 24.5. The molecule has 0 amide bonds. The van der Waals surface area contributed by atoms with Gasteiger partial charge in [0.25, 0.3) is 0 Å². The summed E-state index contributed by atoms with van der Waals surface area (Å²) in [6.45, 7) is 6.58. The Morgan fingerprint density at radius 2 is 0.476 bits per heavy atom. The lowest BCUT2D eigenvalue weighted by molar-refractivity contribution is -0.167. The Balaban J connectivity index is 4.13. The van der Waals surface area contributed by atoms with Crippen molar-refractivity contribution in [2.45, 2.75) is 393 Å². The predicted octanol–water partition coefficient (Wildman–Crippen LogP) is 25.1. The van der Waals surface area contributed by atoms with Crippen LogP contribution in [0.1, 0.15) is 387 Å². The van der Waals surface area contributed by atoms with Crippen molar-refractivity contribution in [2.75, 3.05) is 13.2 Å². The molecule has 82 heavy (non-hydrogen) atoms. The highest BCUT2D eigenvalue weighted by molar-refractivity contribution is 5.71. The summed E-state index contributed by atoms with van der Waals surface area (Å²) in [6, 6.07) is 0. The number of esters is 3.